The lowest BCUT2D eigenvalue weighted by atomic mass is 10.4. The highest BCUT2D eigenvalue weighted by Gasteiger charge is 2.29. The van der Waals surface area contributed by atoms with Gasteiger partial charge in [0, 0.05) is 29.3 Å². The molecule has 0 saturated carbocycles. The molecule has 2 unspecified atom stereocenters. The van der Waals surface area contributed by atoms with Crippen molar-refractivity contribution in [2.45, 2.75) is 23.6 Å². The van der Waals surface area contributed by atoms with Crippen molar-refractivity contribution in [2.24, 2.45) is 0 Å². The van der Waals surface area contributed by atoms with E-state index in [2.05, 4.69) is 44.6 Å². The molecule has 2 aliphatic heterocycles. The quantitative estimate of drug-likeness (QED) is 0.614. The number of alkyl halides is 1. The molecule has 1 N–H and O–H groups in total. The second kappa shape index (κ2) is 4.48. The van der Waals surface area contributed by atoms with Crippen LogP contribution in [0.3, 0.4) is 0 Å². The second-order valence-electron chi connectivity index (χ2n) is 3.42. The van der Waals surface area contributed by atoms with Crippen molar-refractivity contribution in [3.8, 4) is 0 Å². The van der Waals surface area contributed by atoms with Crippen molar-refractivity contribution in [2.75, 3.05) is 24.1 Å². The zero-order valence-electron chi connectivity index (χ0n) is 7.13. The van der Waals surface area contributed by atoms with Gasteiger partial charge in [-0.25, -0.2) is 0 Å². The summed E-state index contributed by atoms with van der Waals surface area (Å²) in [6.45, 7) is 3.81. The van der Waals surface area contributed by atoms with Gasteiger partial charge in [0.1, 0.15) is 5.50 Å². The van der Waals surface area contributed by atoms with Gasteiger partial charge in [-0.2, -0.15) is 0 Å². The molecule has 0 bridgehead atoms. The van der Waals surface area contributed by atoms with Gasteiger partial charge in [-0.1, -0.05) is 22.6 Å². The highest BCUT2D eigenvalue weighted by molar-refractivity contribution is 14.1. The van der Waals surface area contributed by atoms with Crippen LogP contribution in [0.4, 0.5) is 0 Å². The topological polar surface area (TPSA) is 15.3 Å². The number of thioether (sulfide) groups is 1. The van der Waals surface area contributed by atoms with Gasteiger partial charge >= 0.3 is 0 Å². The van der Waals surface area contributed by atoms with Crippen molar-refractivity contribution in [1.29, 1.82) is 0 Å². The monoisotopic (exact) mass is 298 g/mol. The minimum absolute atomic E-state index is 0.632. The highest BCUT2D eigenvalue weighted by atomic mass is 127. The lowest BCUT2D eigenvalue weighted by molar-refractivity contribution is 0.291. The smallest absolute Gasteiger partial charge is 0.108 e. The number of rotatable bonds is 2. The van der Waals surface area contributed by atoms with E-state index in [1.807, 2.05) is 0 Å². The number of nitrogens with zero attached hydrogens (tertiary/aromatic N) is 1. The van der Waals surface area contributed by atoms with Gasteiger partial charge in [-0.05, 0) is 12.8 Å². The van der Waals surface area contributed by atoms with Crippen LogP contribution in [0.5, 0.6) is 0 Å². The van der Waals surface area contributed by atoms with Crippen LogP contribution in [-0.2, 0) is 0 Å². The first kappa shape index (κ1) is 9.55. The Morgan fingerprint density at radius 3 is 2.75 bits per heavy atom. The normalized spacial score (nSPS) is 37.8. The van der Waals surface area contributed by atoms with Crippen LogP contribution in [0.1, 0.15) is 12.8 Å². The first-order chi connectivity index (χ1) is 5.90. The molecule has 2 atom stereocenters. The predicted molar refractivity (Wildman–Crippen MR) is 62.9 cm³/mol. The SMILES string of the molecule is ICC1CNC(N2CCCC2)S1. The molecule has 0 aliphatic carbocycles. The Morgan fingerprint density at radius 1 is 1.42 bits per heavy atom. The van der Waals surface area contributed by atoms with Crippen LogP contribution < -0.4 is 5.32 Å². The van der Waals surface area contributed by atoms with Crippen molar-refractivity contribution < 1.29 is 0 Å². The zero-order chi connectivity index (χ0) is 8.39. The van der Waals surface area contributed by atoms with Crippen molar-refractivity contribution >= 4 is 34.4 Å². The van der Waals surface area contributed by atoms with E-state index in [9.17, 15) is 0 Å². The molecule has 2 aliphatic rings. The van der Waals surface area contributed by atoms with Gasteiger partial charge in [0.05, 0.1) is 0 Å². The van der Waals surface area contributed by atoms with E-state index in [4.69, 9.17) is 0 Å². The Labute approximate surface area is 92.0 Å². The average molecular weight is 298 g/mol. The van der Waals surface area contributed by atoms with E-state index >= 15 is 0 Å². The number of hydrogen-bond donors (Lipinski definition) is 1. The van der Waals surface area contributed by atoms with Crippen LogP contribution >= 0.6 is 34.4 Å². The standard InChI is InChI=1S/C8H15IN2S/c9-5-7-6-10-8(12-7)11-3-1-2-4-11/h7-8,10H,1-6H2. The van der Waals surface area contributed by atoms with Crippen molar-refractivity contribution in [1.82, 2.24) is 10.2 Å². The summed E-state index contributed by atoms with van der Waals surface area (Å²) < 4.78 is 1.28. The third kappa shape index (κ3) is 2.08. The summed E-state index contributed by atoms with van der Waals surface area (Å²) >= 11 is 4.60. The van der Waals surface area contributed by atoms with Crippen LogP contribution in [0.25, 0.3) is 0 Å². The fraction of sp³-hybridized carbons (Fsp3) is 1.00. The molecule has 2 nitrogen and oxygen atoms in total. The first-order valence-electron chi connectivity index (χ1n) is 4.59. The Morgan fingerprint density at radius 2 is 2.17 bits per heavy atom. The summed E-state index contributed by atoms with van der Waals surface area (Å²) in [5, 5.41) is 4.43. The molecule has 0 aromatic rings. The average Bonchev–Trinajstić information content (AvgIpc) is 2.75. The summed E-state index contributed by atoms with van der Waals surface area (Å²) in [6.07, 6.45) is 2.79. The minimum Gasteiger partial charge on any atom is -0.292 e. The summed E-state index contributed by atoms with van der Waals surface area (Å²) in [6, 6.07) is 0. The Balaban J connectivity index is 1.81. The Kier molecular flexibility index (Phi) is 3.57. The summed E-state index contributed by atoms with van der Waals surface area (Å²) in [5.74, 6) is 0. The molecule has 2 rings (SSSR count). The van der Waals surface area contributed by atoms with E-state index in [0.717, 1.165) is 5.25 Å². The molecule has 0 aromatic heterocycles. The third-order valence-corrected chi connectivity index (χ3v) is 5.59. The van der Waals surface area contributed by atoms with Crippen LogP contribution in [0.2, 0.25) is 0 Å². The van der Waals surface area contributed by atoms with Gasteiger partial charge in [0.15, 0.2) is 0 Å². The minimum atomic E-state index is 0.632. The maximum Gasteiger partial charge on any atom is 0.108 e. The van der Waals surface area contributed by atoms with E-state index in [1.54, 1.807) is 0 Å². The lowest BCUT2D eigenvalue weighted by Crippen LogP contribution is -2.37. The molecule has 12 heavy (non-hydrogen) atoms. The Hall–Kier alpha value is 1.000. The molecular weight excluding hydrogens is 283 g/mol. The largest absolute Gasteiger partial charge is 0.292 e. The van der Waals surface area contributed by atoms with E-state index in [-0.39, 0.29) is 0 Å². The number of likely N-dealkylation sites (tertiary alicyclic amines) is 1. The molecule has 0 amide bonds. The number of halogens is 1. The first-order valence-corrected chi connectivity index (χ1v) is 7.06. The van der Waals surface area contributed by atoms with Crippen LogP contribution in [-0.4, -0.2) is 39.7 Å². The maximum atomic E-state index is 3.58. The van der Waals surface area contributed by atoms with Gasteiger partial charge in [-0.15, -0.1) is 11.8 Å². The molecule has 0 spiro atoms. The molecular formula is C8H15IN2S. The zero-order valence-corrected chi connectivity index (χ0v) is 10.1. The van der Waals surface area contributed by atoms with Gasteiger partial charge < -0.3 is 0 Å². The van der Waals surface area contributed by atoms with E-state index < -0.39 is 0 Å². The maximum absolute atomic E-state index is 3.58. The van der Waals surface area contributed by atoms with E-state index in [1.165, 1.54) is 36.9 Å². The predicted octanol–water partition coefficient (Wildman–Crippen LogP) is 1.51. The number of nitrogens with one attached hydrogen (secondary N) is 1. The van der Waals surface area contributed by atoms with E-state index in [0.29, 0.717) is 5.50 Å². The molecule has 2 heterocycles. The molecule has 0 aromatic carbocycles. The van der Waals surface area contributed by atoms with Gasteiger partial charge in [0.25, 0.3) is 0 Å². The molecule has 70 valence electrons. The molecule has 2 saturated heterocycles. The Bertz CT molecular complexity index is 150. The third-order valence-electron chi connectivity index (χ3n) is 2.49. The van der Waals surface area contributed by atoms with Gasteiger partial charge in [0.2, 0.25) is 0 Å². The van der Waals surface area contributed by atoms with Crippen molar-refractivity contribution in [3.63, 3.8) is 0 Å². The molecule has 0 radical (unpaired) electrons. The summed E-state index contributed by atoms with van der Waals surface area (Å²) in [7, 11) is 0. The second-order valence-corrected chi connectivity index (χ2v) is 5.68. The van der Waals surface area contributed by atoms with Crippen LogP contribution in [0.15, 0.2) is 0 Å². The lowest BCUT2D eigenvalue weighted by Gasteiger charge is -2.22. The summed E-state index contributed by atoms with van der Waals surface area (Å²) in [5.41, 5.74) is 0.632. The molecule has 4 heteroatoms. The molecule has 2 fully saturated rings. The highest BCUT2D eigenvalue weighted by Crippen LogP contribution is 2.28. The fourth-order valence-corrected chi connectivity index (χ4v) is 3.93. The van der Waals surface area contributed by atoms with Gasteiger partial charge in [-0.3, -0.25) is 10.2 Å². The van der Waals surface area contributed by atoms with Crippen LogP contribution in [0, 0.1) is 0 Å². The fourth-order valence-electron chi connectivity index (χ4n) is 1.79. The van der Waals surface area contributed by atoms with Crippen molar-refractivity contribution in [3.05, 3.63) is 0 Å². The number of hydrogen-bond acceptors (Lipinski definition) is 3. The summed E-state index contributed by atoms with van der Waals surface area (Å²) in [4.78, 5) is 2.58.